The monoisotopic (exact) mass is 2000 g/mol. The molecule has 0 aliphatic carbocycles. The first kappa shape index (κ1) is 101. The van der Waals surface area contributed by atoms with Crippen LogP contribution < -0.4 is 19.6 Å². The van der Waals surface area contributed by atoms with Gasteiger partial charge in [-0.2, -0.15) is 52.7 Å². The van der Waals surface area contributed by atoms with E-state index in [0.29, 0.717) is 66.3 Å². The van der Waals surface area contributed by atoms with Gasteiger partial charge in [0, 0.05) is 157 Å². The zero-order valence-electron chi connectivity index (χ0n) is 70.9. The zero-order valence-corrected chi connectivity index (χ0v) is 74.2. The highest BCUT2D eigenvalue weighted by molar-refractivity contribution is 7.92. The van der Waals surface area contributed by atoms with Crippen molar-refractivity contribution in [3.05, 3.63) is 214 Å². The summed E-state index contributed by atoms with van der Waals surface area (Å²) in [6.07, 6.45) is -11.5. The van der Waals surface area contributed by atoms with Crippen molar-refractivity contribution in [3.8, 4) is 0 Å². The number of hydrogen-bond acceptors (Lipinski definition) is 24. The Labute approximate surface area is 760 Å². The van der Waals surface area contributed by atoms with E-state index in [2.05, 4.69) is 39.9 Å². The van der Waals surface area contributed by atoms with E-state index in [1.807, 2.05) is 0 Å². The summed E-state index contributed by atoms with van der Waals surface area (Å²) in [5.41, 5.74) is -2.82. The van der Waals surface area contributed by atoms with Crippen molar-refractivity contribution in [2.45, 2.75) is 100 Å². The lowest BCUT2D eigenvalue weighted by Crippen LogP contribution is -2.53. The number of amides is 4. The molecule has 8 fully saturated rings. The van der Waals surface area contributed by atoms with E-state index in [1.54, 1.807) is 36.6 Å². The molecule has 28 nitrogen and oxygen atoms in total. The Morgan fingerprint density at radius 3 is 0.681 bits per heavy atom. The number of nitrogens with zero attached hydrogens (tertiary/aromatic N) is 16. The van der Waals surface area contributed by atoms with Gasteiger partial charge in [0.25, 0.3) is 0 Å². The van der Waals surface area contributed by atoms with Gasteiger partial charge in [0.05, 0.1) is 92.4 Å². The molecule has 8 aliphatic heterocycles. The van der Waals surface area contributed by atoms with Crippen molar-refractivity contribution in [2.24, 2.45) is 23.7 Å². The van der Waals surface area contributed by atoms with E-state index >= 15 is 0 Å². The maximum Gasteiger partial charge on any atom is 0.419 e. The lowest BCUT2D eigenvalue weighted by atomic mass is 9.96. The molecule has 0 N–H and O–H groups in total. The number of hydrogen-bond donors (Lipinski definition) is 0. The van der Waals surface area contributed by atoms with Gasteiger partial charge in [-0.25, -0.2) is 104 Å². The molecule has 0 spiro atoms. The van der Waals surface area contributed by atoms with E-state index in [-0.39, 0.29) is 229 Å². The van der Waals surface area contributed by atoms with Crippen LogP contribution in [-0.4, -0.2) is 241 Å². The molecule has 0 bridgehead atoms. The largest absolute Gasteiger partial charge is 0.419 e. The predicted octanol–water partition coefficient (Wildman–Crippen LogP) is 11.8. The molecular weight excluding hydrogens is 1910 g/mol. The fraction of sp³-hybridized carbons (Fsp3) is 0.476. The average Bonchev–Trinajstić information content (AvgIpc) is 0.789. The maximum absolute atomic E-state index is 14.7. The van der Waals surface area contributed by atoms with Gasteiger partial charge in [0.1, 0.15) is 45.2 Å². The van der Waals surface area contributed by atoms with E-state index in [1.165, 1.54) is 45.0 Å². The topological polar surface area (TPSA) is 334 Å². The molecule has 4 aromatic heterocycles. The highest BCUT2D eigenvalue weighted by Crippen LogP contribution is 2.41. The van der Waals surface area contributed by atoms with Gasteiger partial charge in [-0.15, -0.1) is 0 Å². The molecule has 0 radical (unpaired) electrons. The molecule has 135 heavy (non-hydrogen) atoms. The van der Waals surface area contributed by atoms with E-state index in [0.717, 1.165) is 36.4 Å². The van der Waals surface area contributed by atoms with Crippen LogP contribution in [0.1, 0.15) is 120 Å². The number of aromatic nitrogens is 8. The van der Waals surface area contributed by atoms with Gasteiger partial charge in [-0.1, -0.05) is 36.4 Å². The summed E-state index contributed by atoms with van der Waals surface area (Å²) in [4.78, 5) is 95.9. The number of anilines is 4. The Bertz CT molecular complexity index is 5620. The second kappa shape index (κ2) is 41.0. The molecule has 51 heteroatoms. The van der Waals surface area contributed by atoms with Crippen LogP contribution in [0.4, 0.5) is 107 Å². The summed E-state index contributed by atoms with van der Waals surface area (Å²) in [5.74, 6) is -10.8. The number of sulfone groups is 4. The molecule has 730 valence electrons. The Hall–Kier alpha value is -11.3. The van der Waals surface area contributed by atoms with E-state index < -0.39 is 175 Å². The second-order valence-corrected chi connectivity index (χ2v) is 42.5. The minimum absolute atomic E-state index is 0.0106. The molecule has 0 saturated carbocycles. The van der Waals surface area contributed by atoms with Crippen molar-refractivity contribution in [3.63, 3.8) is 0 Å². The molecule has 16 rings (SSSR count). The number of benzene rings is 4. The third-order valence-corrected chi connectivity index (χ3v) is 31.4. The SMILES string of the molecule is O=C(C1CCS(=O)(=O)CC1)N1CCN(c2ncc(C(F)(F)F)cn2)CC1c1ccc(F)c(F)c1.O=C(C1CCS(=O)(=O)CC1)N1CCN(c2ncc(C(F)(F)F)cn2)C[C@@H]1c1ccc(F)c(F)c1.O=C(C1CCS(=O)(=O)CC1)N1CCN(c2ncc(C(F)(F)F)cn2)C[C@@H]1c1ccccc1F.O=C(C1CCS(=O)(=O)CC1)N1CCN(c2ncc(C(F)(F)F)cn2)C[C@H]1c1ccc(F)c(F)c1. The Morgan fingerprint density at radius 2 is 0.474 bits per heavy atom. The maximum atomic E-state index is 14.7. The third kappa shape index (κ3) is 25.2. The second-order valence-electron chi connectivity index (χ2n) is 33.3. The molecule has 4 amide bonds. The number of alkyl halides is 12. The van der Waals surface area contributed by atoms with Crippen LogP contribution in [-0.2, 0) is 83.2 Å². The predicted molar refractivity (Wildman–Crippen MR) is 446 cm³/mol. The number of carbonyl (C=O) groups is 4. The molecule has 8 aliphatic rings. The van der Waals surface area contributed by atoms with Crippen LogP contribution in [0.2, 0.25) is 0 Å². The average molecular weight is 2000 g/mol. The molecular formula is C84H85F19N16O12S4. The summed E-state index contributed by atoms with van der Waals surface area (Å²) in [6.45, 7) is 1.56. The van der Waals surface area contributed by atoms with Crippen LogP contribution in [0.25, 0.3) is 0 Å². The van der Waals surface area contributed by atoms with Crippen LogP contribution in [0.15, 0.2) is 128 Å². The number of rotatable bonds is 12. The quantitative estimate of drug-likeness (QED) is 0.103. The lowest BCUT2D eigenvalue weighted by molar-refractivity contribution is -0.139. The normalized spacial score (nSPS) is 21.6. The van der Waals surface area contributed by atoms with Crippen molar-refractivity contribution < 1.29 is 136 Å². The van der Waals surface area contributed by atoms with E-state index in [9.17, 15) is 136 Å². The van der Waals surface area contributed by atoms with Gasteiger partial charge in [0.15, 0.2) is 34.9 Å². The molecule has 1 unspecified atom stereocenters. The van der Waals surface area contributed by atoms with Gasteiger partial charge in [-0.3, -0.25) is 19.2 Å². The summed E-state index contributed by atoms with van der Waals surface area (Å²) in [7, 11) is -12.7. The standard InChI is InChI=1S/3C21H21F5N4O3S.C21H22F4N4O3S/c3*22-16-2-1-14(9-17(16)23)18-12-29(20-27-10-15(11-28-20)21(24,25)26)5-6-30(18)19(31)13-3-7-34(32,33)8-4-13;22-17-4-2-1-3-16(17)18-13-28(20-26-11-15(12-27-20)21(23,24)25)7-8-29(18)19(30)14-5-9-33(31,32)10-6-14/h3*1-2,9-11,13,18H,3-8,12H2;1-4,11-12,14,18H,5-10,13H2/t2*18-;;18-/m10.1/s1. The fourth-order valence-corrected chi connectivity index (χ4v) is 22.9. The van der Waals surface area contributed by atoms with Gasteiger partial charge >= 0.3 is 24.7 Å². The van der Waals surface area contributed by atoms with Gasteiger partial charge < -0.3 is 39.2 Å². The smallest absolute Gasteiger partial charge is 0.337 e. The van der Waals surface area contributed by atoms with Crippen LogP contribution in [0.5, 0.6) is 0 Å². The summed E-state index contributed by atoms with van der Waals surface area (Å²) < 4.78 is 345. The van der Waals surface area contributed by atoms with Crippen molar-refractivity contribution in [1.82, 2.24) is 59.5 Å². The van der Waals surface area contributed by atoms with Crippen molar-refractivity contribution in [2.75, 3.05) is 144 Å². The molecule has 4 atom stereocenters. The Morgan fingerprint density at radius 1 is 0.267 bits per heavy atom. The molecule has 8 aromatic rings. The first-order valence-corrected chi connectivity index (χ1v) is 49.4. The molecule has 4 aromatic carbocycles. The number of halogens is 19. The van der Waals surface area contributed by atoms with Crippen LogP contribution in [0, 0.1) is 64.4 Å². The van der Waals surface area contributed by atoms with Crippen molar-refractivity contribution >= 4 is 86.8 Å². The highest BCUT2D eigenvalue weighted by atomic mass is 32.2. The summed E-state index contributed by atoms with van der Waals surface area (Å²) in [5, 5.41) is 0. The zero-order chi connectivity index (χ0) is 97.8. The Balaban J connectivity index is 0.000000152. The fourth-order valence-electron chi connectivity index (χ4n) is 16.9. The first-order chi connectivity index (χ1) is 63.4. The number of carbonyl (C=O) groups excluding carboxylic acids is 4. The van der Waals surface area contributed by atoms with Gasteiger partial charge in [-0.05, 0) is 111 Å². The van der Waals surface area contributed by atoms with E-state index in [4.69, 9.17) is 0 Å². The molecule has 8 saturated heterocycles. The molecule has 12 heterocycles. The summed E-state index contributed by atoms with van der Waals surface area (Å²) >= 11 is 0. The Kier molecular flexibility index (Phi) is 30.7. The van der Waals surface area contributed by atoms with Crippen LogP contribution >= 0.6 is 0 Å². The number of piperazine rings is 4. The van der Waals surface area contributed by atoms with Crippen LogP contribution in [0.3, 0.4) is 0 Å². The van der Waals surface area contributed by atoms with Crippen molar-refractivity contribution in [1.29, 1.82) is 0 Å². The summed E-state index contributed by atoms with van der Waals surface area (Å²) in [6, 6.07) is 12.7. The van der Waals surface area contributed by atoms with Gasteiger partial charge in [0.2, 0.25) is 47.4 Å². The minimum atomic E-state index is -4.59. The third-order valence-electron chi connectivity index (χ3n) is 24.5. The lowest BCUT2D eigenvalue weighted by Gasteiger charge is -2.43. The minimum Gasteiger partial charge on any atom is -0.337 e. The highest BCUT2D eigenvalue weighted by Gasteiger charge is 2.46. The first-order valence-electron chi connectivity index (χ1n) is 42.1.